The third-order valence-corrected chi connectivity index (χ3v) is 6.43. The highest BCUT2D eigenvalue weighted by Gasteiger charge is 2.32. The second-order valence-electron chi connectivity index (χ2n) is 9.52. The first-order valence-electron chi connectivity index (χ1n) is 12.7. The summed E-state index contributed by atoms with van der Waals surface area (Å²) in [6, 6.07) is 7.32. The molecule has 1 fully saturated rings. The van der Waals surface area contributed by atoms with Gasteiger partial charge in [0.2, 0.25) is 0 Å². The monoisotopic (exact) mass is 531 g/mol. The molecule has 2 amide bonds. The number of hydrogen-bond donors (Lipinski definition) is 0. The normalized spacial score (nSPS) is 15.8. The van der Waals surface area contributed by atoms with Crippen molar-refractivity contribution in [3.63, 3.8) is 0 Å². The number of carbonyl (C=O) groups excluding carboxylic acids is 3. The van der Waals surface area contributed by atoms with Crippen molar-refractivity contribution in [3.8, 4) is 11.8 Å². The smallest absolute Gasteiger partial charge is 0.332 e. The number of rotatable bonds is 8. The molecule has 0 atom stereocenters. The van der Waals surface area contributed by atoms with Crippen LogP contribution in [0.2, 0.25) is 0 Å². The Kier molecular flexibility index (Phi) is 8.60. The largest absolute Gasteiger partial charge is 0.677 e. The zero-order chi connectivity index (χ0) is 28.1. The average Bonchev–Trinajstić information content (AvgIpc) is 3.61. The van der Waals surface area contributed by atoms with E-state index in [0.717, 1.165) is 26.7 Å². The quantitative estimate of drug-likeness (QED) is 0.205. The molecule has 2 aliphatic rings. The van der Waals surface area contributed by atoms with Crippen LogP contribution in [-0.2, 0) is 19.2 Å². The van der Waals surface area contributed by atoms with Gasteiger partial charge < -0.3 is 9.32 Å². The summed E-state index contributed by atoms with van der Waals surface area (Å²) in [6.45, 7) is 5.93. The van der Waals surface area contributed by atoms with Crippen LogP contribution in [0.4, 0.5) is 8.63 Å². The minimum Gasteiger partial charge on any atom is -0.332 e. The van der Waals surface area contributed by atoms with Gasteiger partial charge in [0.15, 0.2) is 0 Å². The van der Waals surface area contributed by atoms with Gasteiger partial charge in [0.1, 0.15) is 0 Å². The topological polar surface area (TPSA) is 81.0 Å². The summed E-state index contributed by atoms with van der Waals surface area (Å²) in [5.41, 5.74) is 6.11. The van der Waals surface area contributed by atoms with Crippen LogP contribution in [0.3, 0.4) is 0 Å². The Bertz CT molecular complexity index is 1440. The maximum absolute atomic E-state index is 13.8. The second kappa shape index (κ2) is 12.1. The van der Waals surface area contributed by atoms with E-state index in [4.69, 9.17) is 4.84 Å². The summed E-state index contributed by atoms with van der Waals surface area (Å²) in [5.74, 6) is 4.48. The molecule has 0 unspecified atom stereocenters. The minimum absolute atomic E-state index is 0.0580. The maximum Gasteiger partial charge on any atom is 0.677 e. The van der Waals surface area contributed by atoms with E-state index >= 15 is 0 Å². The highest BCUT2D eigenvalue weighted by molar-refractivity contribution is 6.41. The Labute approximate surface area is 226 Å². The van der Waals surface area contributed by atoms with Crippen molar-refractivity contribution in [1.29, 1.82) is 0 Å². The van der Waals surface area contributed by atoms with Gasteiger partial charge in [-0.15, -0.1) is 5.06 Å². The third kappa shape index (κ3) is 6.43. The van der Waals surface area contributed by atoms with E-state index in [2.05, 4.69) is 16.8 Å². The maximum atomic E-state index is 13.8. The highest BCUT2D eigenvalue weighted by Crippen LogP contribution is 2.35. The third-order valence-electron chi connectivity index (χ3n) is 6.43. The number of hydrogen-bond acceptors (Lipinski definition) is 5. The number of aryl methyl sites for hydroxylation is 3. The number of imide groups is 1. The van der Waals surface area contributed by atoms with Crippen molar-refractivity contribution in [3.05, 3.63) is 75.8 Å². The minimum atomic E-state index is -2.70. The van der Waals surface area contributed by atoms with E-state index < -0.39 is 25.2 Å². The van der Waals surface area contributed by atoms with Crippen molar-refractivity contribution in [1.82, 2.24) is 9.54 Å². The molecule has 1 aromatic heterocycles. The zero-order valence-electron chi connectivity index (χ0n) is 22.1. The number of hydroxylamine groups is 2. The molecule has 0 aliphatic carbocycles. The Hall–Kier alpha value is -4.26. The average molecular weight is 531 g/mol. The van der Waals surface area contributed by atoms with E-state index in [1.54, 1.807) is 24.4 Å². The van der Waals surface area contributed by atoms with E-state index in [1.807, 2.05) is 32.9 Å². The van der Waals surface area contributed by atoms with Crippen LogP contribution < -0.4 is 0 Å². The van der Waals surface area contributed by atoms with Crippen LogP contribution in [0.15, 0.2) is 52.8 Å². The van der Waals surface area contributed by atoms with Gasteiger partial charge >= 0.3 is 13.4 Å². The molecule has 3 heterocycles. The Morgan fingerprint density at radius 2 is 1.79 bits per heavy atom. The predicted octanol–water partition coefficient (Wildman–Crippen LogP) is 5.13. The molecule has 39 heavy (non-hydrogen) atoms. The molecule has 10 heteroatoms. The molecular formula is C29H28BF2N3O4. The fraction of sp³-hybridized carbons (Fsp3) is 0.310. The van der Waals surface area contributed by atoms with E-state index in [0.29, 0.717) is 46.9 Å². The number of aromatic nitrogens is 1. The molecule has 2 aliphatic heterocycles. The molecule has 7 nitrogen and oxygen atoms in total. The zero-order valence-corrected chi connectivity index (χ0v) is 22.1. The molecule has 0 bridgehead atoms. The van der Waals surface area contributed by atoms with Gasteiger partial charge in [-0.2, -0.15) is 0 Å². The number of amides is 2. The van der Waals surface area contributed by atoms with E-state index in [-0.39, 0.29) is 19.3 Å². The fourth-order valence-electron chi connectivity index (χ4n) is 4.76. The molecule has 1 saturated heterocycles. The molecule has 0 radical (unpaired) electrons. The summed E-state index contributed by atoms with van der Waals surface area (Å²) in [7, 11) is -2.70. The van der Waals surface area contributed by atoms with Crippen LogP contribution in [0.25, 0.3) is 5.57 Å². The molecule has 0 spiro atoms. The molecule has 0 saturated carbocycles. The Balaban J connectivity index is 1.46. The number of carbonyl (C=O) groups is 3. The van der Waals surface area contributed by atoms with E-state index in [9.17, 15) is 23.0 Å². The number of aliphatic imine (C=N–C) groups is 1. The number of allylic oxidation sites excluding steroid dienone is 2. The van der Waals surface area contributed by atoms with Gasteiger partial charge in [-0.25, -0.2) is 4.79 Å². The molecule has 0 N–H and O–H groups in total. The summed E-state index contributed by atoms with van der Waals surface area (Å²) in [6.07, 6.45) is 6.58. The Morgan fingerprint density at radius 1 is 1.10 bits per heavy atom. The number of nitrogens with zero attached hydrogens (tertiary/aromatic N) is 3. The first-order valence-corrected chi connectivity index (χ1v) is 12.7. The van der Waals surface area contributed by atoms with Crippen molar-refractivity contribution in [2.45, 2.75) is 59.3 Å². The lowest BCUT2D eigenvalue weighted by atomic mass is 9.90. The van der Waals surface area contributed by atoms with Crippen LogP contribution in [0.1, 0.15) is 66.5 Å². The fourth-order valence-corrected chi connectivity index (χ4v) is 4.76. The SMILES string of the molecule is Cc1cc(C)c(/C(=C2\C=C(C#CCCCCC(=O)ON3C(=O)CCC3=O)C=N2)c2cccn2B(F)F)c(C)c1. The summed E-state index contributed by atoms with van der Waals surface area (Å²) in [5, 5.41) is 0.547. The van der Waals surface area contributed by atoms with Crippen molar-refractivity contribution >= 4 is 37.0 Å². The predicted molar refractivity (Wildman–Crippen MR) is 144 cm³/mol. The highest BCUT2D eigenvalue weighted by atomic mass is 19.2. The van der Waals surface area contributed by atoms with Crippen molar-refractivity contribution in [2.24, 2.45) is 4.99 Å². The van der Waals surface area contributed by atoms with Crippen LogP contribution in [-0.4, -0.2) is 40.9 Å². The standard InChI is InChI=1S/C29H28BF2N3O4/c1-19-15-20(2)28(21(3)16-19)29(24-10-8-14-34(24)30(31)32)23-17-22(18-33-23)9-6-4-5-7-11-27(38)39-35-25(36)12-13-26(35)37/h8,10,14-18H,4-5,7,11-13H2,1-3H3/b29-23+. The summed E-state index contributed by atoms with van der Waals surface area (Å²) >= 11 is 0. The molecule has 200 valence electrons. The number of benzene rings is 1. The van der Waals surface area contributed by atoms with Crippen LogP contribution >= 0.6 is 0 Å². The lowest BCUT2D eigenvalue weighted by Crippen LogP contribution is -2.31. The number of unbranched alkanes of at least 4 members (excludes halogenated alkanes) is 2. The number of halogens is 2. The first-order chi connectivity index (χ1) is 18.7. The summed E-state index contributed by atoms with van der Waals surface area (Å²) in [4.78, 5) is 44.3. The molecular weight excluding hydrogens is 503 g/mol. The van der Waals surface area contributed by atoms with Gasteiger partial charge in [-0.1, -0.05) is 29.5 Å². The van der Waals surface area contributed by atoms with Crippen molar-refractivity contribution in [2.75, 3.05) is 0 Å². The van der Waals surface area contributed by atoms with Crippen LogP contribution in [0, 0.1) is 32.6 Å². The molecule has 4 rings (SSSR count). The lowest BCUT2D eigenvalue weighted by Gasteiger charge is -2.18. The molecule has 2 aromatic rings. The van der Waals surface area contributed by atoms with E-state index in [1.165, 1.54) is 6.20 Å². The van der Waals surface area contributed by atoms with Crippen LogP contribution in [0.5, 0.6) is 0 Å². The van der Waals surface area contributed by atoms with Gasteiger partial charge in [-0.3, -0.25) is 23.2 Å². The van der Waals surface area contributed by atoms with Gasteiger partial charge in [0, 0.05) is 48.7 Å². The van der Waals surface area contributed by atoms with Crippen molar-refractivity contribution < 1.29 is 27.9 Å². The lowest BCUT2D eigenvalue weighted by molar-refractivity contribution is -0.197. The Morgan fingerprint density at radius 3 is 2.46 bits per heavy atom. The second-order valence-corrected chi connectivity index (χ2v) is 9.52. The molecule has 1 aromatic carbocycles. The van der Waals surface area contributed by atoms with Gasteiger partial charge in [-0.05, 0) is 74.7 Å². The summed E-state index contributed by atoms with van der Waals surface area (Å²) < 4.78 is 28.6. The van der Waals surface area contributed by atoms with Gasteiger partial charge in [0.05, 0.1) is 5.70 Å². The first kappa shape index (κ1) is 27.8. The van der Waals surface area contributed by atoms with Gasteiger partial charge in [0.25, 0.3) is 11.8 Å².